The van der Waals surface area contributed by atoms with Crippen LogP contribution in [0.3, 0.4) is 0 Å². The summed E-state index contributed by atoms with van der Waals surface area (Å²) in [5, 5.41) is 4.49. The first-order valence-corrected chi connectivity index (χ1v) is 9.86. The second-order valence-corrected chi connectivity index (χ2v) is 7.21. The average molecular weight is 388 g/mol. The van der Waals surface area contributed by atoms with Gasteiger partial charge in [0.2, 0.25) is 0 Å². The van der Waals surface area contributed by atoms with Gasteiger partial charge in [-0.05, 0) is 48.9 Å². The minimum Gasteiger partial charge on any atom is -0.354 e. The lowest BCUT2D eigenvalue weighted by atomic mass is 10.1. The summed E-state index contributed by atoms with van der Waals surface area (Å²) in [4.78, 5) is 16.6. The summed E-state index contributed by atoms with van der Waals surface area (Å²) in [7, 11) is 0. The van der Waals surface area contributed by atoms with E-state index in [0.29, 0.717) is 0 Å². The van der Waals surface area contributed by atoms with Crippen molar-refractivity contribution in [3.8, 4) is 11.3 Å². The fourth-order valence-corrected chi connectivity index (χ4v) is 3.64. The summed E-state index contributed by atoms with van der Waals surface area (Å²) in [5.74, 6) is 0. The highest BCUT2D eigenvalue weighted by Crippen LogP contribution is 2.19. The topological polar surface area (TPSA) is 54.5 Å². The second kappa shape index (κ2) is 7.76. The molecule has 2 aromatic carbocycles. The summed E-state index contributed by atoms with van der Waals surface area (Å²) in [6.07, 6.45) is 7.68. The van der Waals surface area contributed by atoms with Gasteiger partial charge in [0.15, 0.2) is 0 Å². The first kappa shape index (κ1) is 18.0. The summed E-state index contributed by atoms with van der Waals surface area (Å²) in [5.41, 5.74) is 5.00. The third-order valence-corrected chi connectivity index (χ3v) is 5.05. The monoisotopic (exact) mass is 388 g/mol. The molecule has 0 aliphatic heterocycles. The Morgan fingerprint density at radius 2 is 1.53 bits per heavy atom. The molecule has 30 heavy (non-hydrogen) atoms. The van der Waals surface area contributed by atoms with Crippen molar-refractivity contribution in [2.24, 2.45) is 0 Å². The fraction of sp³-hybridized carbons (Fsp3) is 0.0385. The van der Waals surface area contributed by atoms with Gasteiger partial charge < -0.3 is 4.98 Å². The molecule has 5 aromatic rings. The van der Waals surface area contributed by atoms with Gasteiger partial charge in [-0.15, -0.1) is 0 Å². The van der Waals surface area contributed by atoms with Crippen LogP contribution in [-0.4, -0.2) is 19.9 Å². The molecular weight excluding hydrogens is 368 g/mol. The van der Waals surface area contributed by atoms with E-state index in [2.05, 4.69) is 80.6 Å². The van der Waals surface area contributed by atoms with Crippen LogP contribution in [0.5, 0.6) is 0 Å². The minimum atomic E-state index is 0.928. The Bertz CT molecular complexity index is 1450. The van der Waals surface area contributed by atoms with Crippen LogP contribution in [0.25, 0.3) is 34.2 Å². The van der Waals surface area contributed by atoms with Gasteiger partial charge in [-0.1, -0.05) is 48.5 Å². The Morgan fingerprint density at radius 1 is 0.733 bits per heavy atom. The van der Waals surface area contributed by atoms with Gasteiger partial charge in [-0.2, -0.15) is 0 Å². The maximum Gasteiger partial charge on any atom is 0.116 e. The van der Waals surface area contributed by atoms with Gasteiger partial charge in [0.05, 0.1) is 11.4 Å². The normalized spacial score (nSPS) is 12.6. The van der Waals surface area contributed by atoms with Crippen molar-refractivity contribution >= 4 is 22.9 Å². The highest BCUT2D eigenvalue weighted by atomic mass is 14.8. The summed E-state index contributed by atoms with van der Waals surface area (Å²) >= 11 is 0. The van der Waals surface area contributed by atoms with Crippen LogP contribution in [0.4, 0.5) is 0 Å². The van der Waals surface area contributed by atoms with E-state index >= 15 is 0 Å². The van der Waals surface area contributed by atoms with Gasteiger partial charge in [0, 0.05) is 38.9 Å². The molecular formula is C26H20N4. The van der Waals surface area contributed by atoms with E-state index in [1.54, 1.807) is 6.33 Å². The second-order valence-electron chi connectivity index (χ2n) is 7.21. The SMILES string of the molecule is Cc1cc(-c2cccc(/C=c3\[nH]/c(=C\c4ccccn4)c4ccccc34)c2)ncn1. The first-order chi connectivity index (χ1) is 14.8. The third-order valence-electron chi connectivity index (χ3n) is 5.05. The Hall–Kier alpha value is -4.05. The maximum absolute atomic E-state index is 4.43. The van der Waals surface area contributed by atoms with E-state index in [1.807, 2.05) is 37.4 Å². The fourth-order valence-electron chi connectivity index (χ4n) is 3.64. The molecule has 5 rings (SSSR count). The minimum absolute atomic E-state index is 0.928. The number of H-pyrrole nitrogens is 1. The van der Waals surface area contributed by atoms with Gasteiger partial charge in [-0.25, -0.2) is 9.97 Å². The van der Waals surface area contributed by atoms with Crippen molar-refractivity contribution in [1.29, 1.82) is 0 Å². The van der Waals surface area contributed by atoms with Crippen LogP contribution < -0.4 is 10.7 Å². The molecule has 3 heterocycles. The summed E-state index contributed by atoms with van der Waals surface area (Å²) < 4.78 is 0. The number of benzene rings is 2. The lowest BCUT2D eigenvalue weighted by Gasteiger charge is -2.02. The molecule has 0 saturated heterocycles. The standard InChI is InChI=1S/C26H20N4/c1-18-13-24(29-17-28-18)20-8-6-7-19(14-20)15-25-22-10-2-3-11-23(22)26(30-25)16-21-9-4-5-12-27-21/h2-17,30H,1H3/b25-15-,26-16-. The third kappa shape index (κ3) is 3.63. The molecule has 0 atom stereocenters. The Morgan fingerprint density at radius 3 is 2.30 bits per heavy atom. The van der Waals surface area contributed by atoms with Gasteiger partial charge in [0.25, 0.3) is 0 Å². The molecule has 0 bridgehead atoms. The van der Waals surface area contributed by atoms with Crippen LogP contribution >= 0.6 is 0 Å². The van der Waals surface area contributed by atoms with Crippen LogP contribution in [-0.2, 0) is 0 Å². The molecule has 144 valence electrons. The van der Waals surface area contributed by atoms with Crippen molar-refractivity contribution < 1.29 is 0 Å². The Labute approximate surface area is 174 Å². The van der Waals surface area contributed by atoms with Crippen molar-refractivity contribution in [2.45, 2.75) is 6.92 Å². The molecule has 0 radical (unpaired) electrons. The van der Waals surface area contributed by atoms with Crippen LogP contribution in [0, 0.1) is 6.92 Å². The lowest BCUT2D eigenvalue weighted by molar-refractivity contribution is 1.11. The highest BCUT2D eigenvalue weighted by Gasteiger charge is 2.03. The number of hydrogen-bond acceptors (Lipinski definition) is 3. The molecule has 0 saturated carbocycles. The first-order valence-electron chi connectivity index (χ1n) is 9.86. The van der Waals surface area contributed by atoms with Crippen molar-refractivity contribution in [3.63, 3.8) is 0 Å². The zero-order valence-electron chi connectivity index (χ0n) is 16.6. The Kier molecular flexibility index (Phi) is 4.66. The van der Waals surface area contributed by atoms with Crippen LogP contribution in [0.15, 0.2) is 85.3 Å². The smallest absolute Gasteiger partial charge is 0.116 e. The number of aromatic amines is 1. The van der Waals surface area contributed by atoms with E-state index in [-0.39, 0.29) is 0 Å². The summed E-state index contributed by atoms with van der Waals surface area (Å²) in [6.45, 7) is 1.98. The quantitative estimate of drug-likeness (QED) is 0.509. The predicted octanol–water partition coefficient (Wildman–Crippen LogP) is 3.99. The van der Waals surface area contributed by atoms with Gasteiger partial charge in [-0.3, -0.25) is 4.98 Å². The number of hydrogen-bond donors (Lipinski definition) is 1. The number of fused-ring (bicyclic) bond motifs is 1. The molecule has 4 nitrogen and oxygen atoms in total. The molecule has 0 amide bonds. The van der Waals surface area contributed by atoms with Crippen molar-refractivity contribution in [2.75, 3.05) is 0 Å². The number of pyridine rings is 1. The average Bonchev–Trinajstić information content (AvgIpc) is 3.12. The lowest BCUT2D eigenvalue weighted by Crippen LogP contribution is -2.10. The molecule has 0 fully saturated rings. The van der Waals surface area contributed by atoms with Gasteiger partial charge >= 0.3 is 0 Å². The number of nitrogens with zero attached hydrogens (tertiary/aromatic N) is 3. The molecule has 4 heteroatoms. The maximum atomic E-state index is 4.43. The molecule has 1 N–H and O–H groups in total. The van der Waals surface area contributed by atoms with E-state index in [4.69, 9.17) is 0 Å². The summed E-state index contributed by atoms with van der Waals surface area (Å²) in [6, 6.07) is 24.7. The van der Waals surface area contributed by atoms with E-state index < -0.39 is 0 Å². The Balaban J connectivity index is 1.66. The van der Waals surface area contributed by atoms with E-state index in [0.717, 1.165) is 38.9 Å². The van der Waals surface area contributed by atoms with Gasteiger partial charge in [0.1, 0.15) is 6.33 Å². The van der Waals surface area contributed by atoms with Crippen molar-refractivity contribution in [3.05, 3.63) is 113 Å². The van der Waals surface area contributed by atoms with E-state index in [9.17, 15) is 0 Å². The van der Waals surface area contributed by atoms with Crippen LogP contribution in [0.1, 0.15) is 17.0 Å². The molecule has 0 aliphatic rings. The molecule has 3 aromatic heterocycles. The number of nitrogens with one attached hydrogen (secondary N) is 1. The highest BCUT2D eigenvalue weighted by molar-refractivity contribution is 5.85. The zero-order valence-corrected chi connectivity index (χ0v) is 16.6. The zero-order chi connectivity index (χ0) is 20.3. The molecule has 0 unspecified atom stereocenters. The number of rotatable bonds is 3. The number of aromatic nitrogens is 4. The molecule has 0 aliphatic carbocycles. The van der Waals surface area contributed by atoms with Crippen LogP contribution in [0.2, 0.25) is 0 Å². The number of aryl methyl sites for hydroxylation is 1. The largest absolute Gasteiger partial charge is 0.354 e. The molecule has 0 spiro atoms. The predicted molar refractivity (Wildman–Crippen MR) is 121 cm³/mol. The van der Waals surface area contributed by atoms with E-state index in [1.165, 1.54) is 10.8 Å². The van der Waals surface area contributed by atoms with Crippen molar-refractivity contribution in [1.82, 2.24) is 19.9 Å².